The number of amides is 2. The van der Waals surface area contributed by atoms with Gasteiger partial charge in [0.05, 0.1) is 6.54 Å². The number of benzene rings is 1. The summed E-state index contributed by atoms with van der Waals surface area (Å²) in [5, 5.41) is 2.65. The van der Waals surface area contributed by atoms with Gasteiger partial charge in [0.1, 0.15) is 0 Å². The number of nitrogens with two attached hydrogens (primary N) is 1. The number of hydrogen-bond donors (Lipinski definition) is 2. The number of rotatable bonds is 7. The van der Waals surface area contributed by atoms with E-state index in [1.54, 1.807) is 4.90 Å². The van der Waals surface area contributed by atoms with Crippen LogP contribution in [0.3, 0.4) is 0 Å². The van der Waals surface area contributed by atoms with Gasteiger partial charge in [0, 0.05) is 25.2 Å². The van der Waals surface area contributed by atoms with Crippen molar-refractivity contribution in [1.82, 2.24) is 10.2 Å². The molecule has 0 aliphatic carbocycles. The summed E-state index contributed by atoms with van der Waals surface area (Å²) in [6, 6.07) is 7.48. The lowest BCUT2D eigenvalue weighted by Crippen LogP contribution is -2.40. The minimum atomic E-state index is -0.131. The first-order valence-electron chi connectivity index (χ1n) is 6.96. The fourth-order valence-corrected chi connectivity index (χ4v) is 1.96. The zero-order valence-corrected chi connectivity index (χ0v) is 12.2. The molecule has 0 saturated heterocycles. The number of nitrogens with zero attached hydrogens (tertiary/aromatic N) is 1. The zero-order chi connectivity index (χ0) is 15.0. The maximum absolute atomic E-state index is 11.7. The van der Waals surface area contributed by atoms with E-state index in [2.05, 4.69) is 5.32 Å². The average Bonchev–Trinajstić information content (AvgIpc) is 2.45. The monoisotopic (exact) mass is 277 g/mol. The third-order valence-corrected chi connectivity index (χ3v) is 3.23. The van der Waals surface area contributed by atoms with Crippen molar-refractivity contribution in [1.29, 1.82) is 0 Å². The van der Waals surface area contributed by atoms with Gasteiger partial charge in [-0.2, -0.15) is 0 Å². The third kappa shape index (κ3) is 4.91. The van der Waals surface area contributed by atoms with E-state index in [1.807, 2.05) is 38.1 Å². The Morgan fingerprint density at radius 3 is 2.45 bits per heavy atom. The Hall–Kier alpha value is -2.04. The summed E-state index contributed by atoms with van der Waals surface area (Å²) in [4.78, 5) is 25.1. The Kier molecular flexibility index (Phi) is 6.56. The van der Waals surface area contributed by atoms with Crippen molar-refractivity contribution in [2.75, 3.05) is 25.4 Å². The van der Waals surface area contributed by atoms with Crippen LogP contribution in [0, 0.1) is 0 Å². The molecular formula is C15H23N3O2. The van der Waals surface area contributed by atoms with Crippen LogP contribution in [0.2, 0.25) is 0 Å². The van der Waals surface area contributed by atoms with Gasteiger partial charge < -0.3 is 16.0 Å². The molecule has 0 spiro atoms. The summed E-state index contributed by atoms with van der Waals surface area (Å²) in [7, 11) is 0. The van der Waals surface area contributed by atoms with E-state index in [4.69, 9.17) is 5.73 Å². The van der Waals surface area contributed by atoms with Crippen molar-refractivity contribution in [3.8, 4) is 0 Å². The average molecular weight is 277 g/mol. The van der Waals surface area contributed by atoms with Crippen LogP contribution in [0.4, 0.5) is 5.69 Å². The van der Waals surface area contributed by atoms with Crippen LogP contribution in [-0.2, 0) is 16.0 Å². The van der Waals surface area contributed by atoms with Gasteiger partial charge in [-0.25, -0.2) is 0 Å². The highest BCUT2D eigenvalue weighted by atomic mass is 16.2. The van der Waals surface area contributed by atoms with Crippen LogP contribution in [0.15, 0.2) is 24.3 Å². The van der Waals surface area contributed by atoms with Crippen molar-refractivity contribution < 1.29 is 9.59 Å². The fraction of sp³-hybridized carbons (Fsp3) is 0.467. The van der Waals surface area contributed by atoms with Crippen LogP contribution in [0.25, 0.3) is 0 Å². The number of nitrogen functional groups attached to an aromatic ring is 1. The molecule has 0 bridgehead atoms. The van der Waals surface area contributed by atoms with Crippen molar-refractivity contribution in [2.45, 2.75) is 26.7 Å². The summed E-state index contributed by atoms with van der Waals surface area (Å²) in [5.41, 5.74) is 7.46. The SMILES string of the molecule is CCN(CC)C(=O)CNC(=O)CCc1ccccc1N. The van der Waals surface area contributed by atoms with Crippen molar-refractivity contribution in [3.05, 3.63) is 29.8 Å². The highest BCUT2D eigenvalue weighted by molar-refractivity contribution is 5.84. The molecule has 0 heterocycles. The predicted molar refractivity (Wildman–Crippen MR) is 80.1 cm³/mol. The van der Waals surface area contributed by atoms with Gasteiger partial charge in [0.25, 0.3) is 0 Å². The number of carbonyl (C=O) groups is 2. The number of nitrogens with one attached hydrogen (secondary N) is 1. The van der Waals surface area contributed by atoms with Gasteiger partial charge in [-0.15, -0.1) is 0 Å². The molecule has 5 nitrogen and oxygen atoms in total. The highest BCUT2D eigenvalue weighted by Crippen LogP contribution is 2.12. The van der Waals surface area contributed by atoms with Crippen molar-refractivity contribution >= 4 is 17.5 Å². The number of para-hydroxylation sites is 1. The van der Waals surface area contributed by atoms with Gasteiger partial charge in [0.2, 0.25) is 11.8 Å². The Labute approximate surface area is 120 Å². The molecule has 3 N–H and O–H groups in total. The van der Waals surface area contributed by atoms with E-state index >= 15 is 0 Å². The number of likely N-dealkylation sites (N-methyl/N-ethyl adjacent to an activating group) is 1. The first-order valence-corrected chi connectivity index (χ1v) is 6.96. The summed E-state index contributed by atoms with van der Waals surface area (Å²) in [6.45, 7) is 5.21. The van der Waals surface area contributed by atoms with Crippen LogP contribution >= 0.6 is 0 Å². The summed E-state index contributed by atoms with van der Waals surface area (Å²) < 4.78 is 0. The highest BCUT2D eigenvalue weighted by Gasteiger charge is 2.11. The van der Waals surface area contributed by atoms with Gasteiger partial charge in [-0.3, -0.25) is 9.59 Å². The molecule has 2 amide bonds. The van der Waals surface area contributed by atoms with Gasteiger partial charge in [0.15, 0.2) is 0 Å². The number of carbonyl (C=O) groups excluding carboxylic acids is 2. The summed E-state index contributed by atoms with van der Waals surface area (Å²) in [6.07, 6.45) is 0.914. The topological polar surface area (TPSA) is 75.4 Å². The van der Waals surface area contributed by atoms with Crippen LogP contribution in [0.1, 0.15) is 25.8 Å². The van der Waals surface area contributed by atoms with Gasteiger partial charge in [-0.1, -0.05) is 18.2 Å². The fourth-order valence-electron chi connectivity index (χ4n) is 1.96. The lowest BCUT2D eigenvalue weighted by Gasteiger charge is -2.18. The van der Waals surface area contributed by atoms with Crippen LogP contribution < -0.4 is 11.1 Å². The zero-order valence-electron chi connectivity index (χ0n) is 12.2. The summed E-state index contributed by atoms with van der Waals surface area (Å²) >= 11 is 0. The quantitative estimate of drug-likeness (QED) is 0.735. The summed E-state index contributed by atoms with van der Waals surface area (Å²) in [5.74, 6) is -0.184. The molecule has 1 rings (SSSR count). The van der Waals surface area contributed by atoms with Crippen molar-refractivity contribution in [2.24, 2.45) is 0 Å². The standard InChI is InChI=1S/C15H23N3O2/c1-3-18(4-2)15(20)11-17-14(19)10-9-12-7-5-6-8-13(12)16/h5-8H,3-4,9-11,16H2,1-2H3,(H,17,19). The molecule has 5 heteroatoms. The molecule has 0 radical (unpaired) electrons. The molecule has 0 aliphatic rings. The Morgan fingerprint density at radius 2 is 1.85 bits per heavy atom. The van der Waals surface area contributed by atoms with E-state index in [1.165, 1.54) is 0 Å². The van der Waals surface area contributed by atoms with E-state index in [9.17, 15) is 9.59 Å². The molecule has 0 aromatic heterocycles. The Morgan fingerprint density at radius 1 is 1.20 bits per heavy atom. The number of aryl methyl sites for hydroxylation is 1. The molecule has 0 unspecified atom stereocenters. The molecule has 20 heavy (non-hydrogen) atoms. The maximum atomic E-state index is 11.7. The van der Waals surface area contributed by atoms with E-state index < -0.39 is 0 Å². The molecule has 0 aliphatic heterocycles. The van der Waals surface area contributed by atoms with E-state index in [-0.39, 0.29) is 18.4 Å². The minimum absolute atomic E-state index is 0.0532. The molecule has 0 saturated carbocycles. The van der Waals surface area contributed by atoms with Crippen LogP contribution in [-0.4, -0.2) is 36.3 Å². The Balaban J connectivity index is 2.34. The molecule has 1 aromatic carbocycles. The Bertz CT molecular complexity index is 456. The predicted octanol–water partition coefficient (Wildman–Crippen LogP) is 1.19. The first-order chi connectivity index (χ1) is 9.58. The second-order valence-electron chi connectivity index (χ2n) is 4.54. The number of anilines is 1. The largest absolute Gasteiger partial charge is 0.399 e. The first kappa shape index (κ1) is 16.0. The lowest BCUT2D eigenvalue weighted by molar-refractivity contribution is -0.132. The number of hydrogen-bond acceptors (Lipinski definition) is 3. The minimum Gasteiger partial charge on any atom is -0.399 e. The van der Waals surface area contributed by atoms with Gasteiger partial charge >= 0.3 is 0 Å². The third-order valence-electron chi connectivity index (χ3n) is 3.23. The maximum Gasteiger partial charge on any atom is 0.241 e. The second kappa shape index (κ2) is 8.19. The van der Waals surface area contributed by atoms with E-state index in [0.717, 1.165) is 5.56 Å². The lowest BCUT2D eigenvalue weighted by atomic mass is 10.1. The smallest absolute Gasteiger partial charge is 0.241 e. The molecule has 1 aromatic rings. The van der Waals surface area contributed by atoms with Crippen LogP contribution in [0.5, 0.6) is 0 Å². The normalized spacial score (nSPS) is 10.1. The van der Waals surface area contributed by atoms with Gasteiger partial charge in [-0.05, 0) is 31.9 Å². The van der Waals surface area contributed by atoms with E-state index in [0.29, 0.717) is 31.6 Å². The second-order valence-corrected chi connectivity index (χ2v) is 4.54. The van der Waals surface area contributed by atoms with Crippen molar-refractivity contribution in [3.63, 3.8) is 0 Å². The molecule has 110 valence electrons. The molecular weight excluding hydrogens is 254 g/mol. The molecule has 0 fully saturated rings. The molecule has 0 atom stereocenters.